The molecule has 0 aliphatic rings. The first-order chi connectivity index (χ1) is 37.9. The minimum Gasteiger partial charge on any atom is -0.378 e. The molecule has 0 aliphatic heterocycles. The molecule has 0 N–H and O–H groups in total. The van der Waals surface area contributed by atoms with Crippen molar-refractivity contribution in [3.63, 3.8) is 0 Å². The summed E-state index contributed by atoms with van der Waals surface area (Å²) in [5, 5.41) is 20.9. The van der Waals surface area contributed by atoms with E-state index in [-0.39, 0.29) is 0 Å². The average molecular weight is 984 g/mol. The maximum Gasteiger partial charge on any atom is 0.0465 e. The molecule has 0 radical (unpaired) electrons. The highest BCUT2D eigenvalue weighted by molar-refractivity contribution is 6.36. The van der Waals surface area contributed by atoms with Crippen molar-refractivity contribution in [2.24, 2.45) is 0 Å². The van der Waals surface area contributed by atoms with E-state index in [1.807, 2.05) is 0 Å². The molecule has 3 nitrogen and oxygen atoms in total. The number of nitrogens with zero attached hydrogens (tertiary/aromatic N) is 3. The van der Waals surface area contributed by atoms with Crippen molar-refractivity contribution in [3.8, 4) is 33.4 Å². The number of rotatable bonds is 10. The van der Waals surface area contributed by atoms with Crippen LogP contribution in [0.2, 0.25) is 0 Å². The number of anilines is 5. The fraction of sp³-hybridized carbons (Fsp3) is 0.0541. The highest BCUT2D eigenvalue weighted by atomic mass is 15.1. The molecule has 0 aromatic heterocycles. The Kier molecular flexibility index (Phi) is 10.3. The summed E-state index contributed by atoms with van der Waals surface area (Å²) in [4.78, 5) is 6.88. The number of hydrogen-bond donors (Lipinski definition) is 0. The largest absolute Gasteiger partial charge is 0.378 e. The quantitative estimate of drug-likeness (QED) is 0.0999. The summed E-state index contributed by atoms with van der Waals surface area (Å²) < 4.78 is 0. The Bertz CT molecular complexity index is 4660. The zero-order valence-corrected chi connectivity index (χ0v) is 43.3. The molecule has 0 unspecified atom stereocenters. The van der Waals surface area contributed by atoms with Gasteiger partial charge in [-0.1, -0.05) is 194 Å². The molecule has 0 aliphatic carbocycles. The van der Waals surface area contributed by atoms with E-state index in [1.165, 1.54) is 136 Å². The number of para-hydroxylation sites is 1. The van der Waals surface area contributed by atoms with Crippen LogP contribution in [0, 0.1) is 0 Å². The second-order valence-corrected chi connectivity index (χ2v) is 21.1. The van der Waals surface area contributed by atoms with Gasteiger partial charge in [0.15, 0.2) is 0 Å². The van der Waals surface area contributed by atoms with Gasteiger partial charge in [-0.25, -0.2) is 0 Å². The third-order valence-electron chi connectivity index (χ3n) is 16.5. The van der Waals surface area contributed by atoms with E-state index in [0.717, 1.165) is 23.6 Å². The molecule has 77 heavy (non-hydrogen) atoms. The van der Waals surface area contributed by atoms with E-state index in [4.69, 9.17) is 0 Å². The predicted octanol–water partition coefficient (Wildman–Crippen LogP) is 20.0. The van der Waals surface area contributed by atoms with Gasteiger partial charge in [0.05, 0.1) is 0 Å². The van der Waals surface area contributed by atoms with Crippen LogP contribution in [0.15, 0.2) is 255 Å². The van der Waals surface area contributed by atoms with Gasteiger partial charge in [-0.2, -0.15) is 0 Å². The van der Waals surface area contributed by atoms with E-state index in [2.05, 4.69) is 291 Å². The van der Waals surface area contributed by atoms with Gasteiger partial charge in [0.25, 0.3) is 0 Å². The van der Waals surface area contributed by atoms with Gasteiger partial charge in [0.1, 0.15) is 0 Å². The van der Waals surface area contributed by atoms with Crippen LogP contribution >= 0.6 is 0 Å². The molecule has 0 atom stereocenters. The second kappa shape index (κ2) is 17.7. The number of hydrogen-bond acceptors (Lipinski definition) is 3. The summed E-state index contributed by atoms with van der Waals surface area (Å²) in [6.45, 7) is 0.758. The molecule has 364 valence electrons. The molecule has 0 saturated carbocycles. The molecular weight excluding hydrogens is 931 g/mol. The predicted molar refractivity (Wildman–Crippen MR) is 333 cm³/mol. The zero-order chi connectivity index (χ0) is 51.3. The van der Waals surface area contributed by atoms with Gasteiger partial charge in [0, 0.05) is 56.1 Å². The van der Waals surface area contributed by atoms with Crippen LogP contribution in [0.5, 0.6) is 0 Å². The van der Waals surface area contributed by atoms with Crippen LogP contribution in [0.4, 0.5) is 28.4 Å². The van der Waals surface area contributed by atoms with Crippen molar-refractivity contribution in [3.05, 3.63) is 260 Å². The lowest BCUT2D eigenvalue weighted by Gasteiger charge is -2.27. The minimum atomic E-state index is 0.758. The van der Waals surface area contributed by atoms with E-state index in [0.29, 0.717) is 0 Å². The van der Waals surface area contributed by atoms with Crippen LogP contribution in [0.1, 0.15) is 5.56 Å². The van der Waals surface area contributed by atoms with Crippen molar-refractivity contribution in [2.45, 2.75) is 6.54 Å². The molecule has 0 saturated heterocycles. The Morgan fingerprint density at radius 1 is 0.260 bits per heavy atom. The highest BCUT2D eigenvalue weighted by Gasteiger charge is 2.20. The summed E-state index contributed by atoms with van der Waals surface area (Å²) in [7, 11) is 6.38. The molecule has 0 fully saturated rings. The normalized spacial score (nSPS) is 11.9. The van der Waals surface area contributed by atoms with Crippen LogP contribution < -0.4 is 14.7 Å². The van der Waals surface area contributed by atoms with E-state index in [9.17, 15) is 0 Å². The molecule has 0 heterocycles. The second-order valence-electron chi connectivity index (χ2n) is 21.1. The SMILES string of the molecule is CN(C)c1ccc(-c2ccc3c4cccc5c(-c6ccc(N(C)Cc7cccc(N(c8ccccc8)c8ccc(-c9ccc%10c%11cccc%12cccc(c%13cccc9c%13%10)c%12%11)cc8)c7)cc6)ccc(c6cccc2c63)c54)cc1. The van der Waals surface area contributed by atoms with Gasteiger partial charge >= 0.3 is 0 Å². The van der Waals surface area contributed by atoms with Crippen LogP contribution in [0.25, 0.3) is 120 Å². The summed E-state index contributed by atoms with van der Waals surface area (Å²) >= 11 is 0. The lowest BCUT2D eigenvalue weighted by molar-refractivity contribution is 0.923. The fourth-order valence-corrected chi connectivity index (χ4v) is 12.9. The van der Waals surface area contributed by atoms with Gasteiger partial charge in [0.2, 0.25) is 0 Å². The van der Waals surface area contributed by atoms with Crippen molar-refractivity contribution >= 4 is 115 Å². The topological polar surface area (TPSA) is 9.72 Å². The van der Waals surface area contributed by atoms with Crippen molar-refractivity contribution in [2.75, 3.05) is 35.8 Å². The lowest BCUT2D eigenvalue weighted by Crippen LogP contribution is -2.17. The molecule has 0 bridgehead atoms. The number of benzene rings is 15. The molecule has 3 heteroatoms. The van der Waals surface area contributed by atoms with Gasteiger partial charge in [-0.3, -0.25) is 0 Å². The van der Waals surface area contributed by atoms with Gasteiger partial charge in [-0.15, -0.1) is 0 Å². The standard InChI is InChI=1S/C74H53N3/c1-75(2)52-33-27-48(28-34-52)57-40-43-69-67-26-12-23-62-58(41-44-70(74(62)67)66-25-11-22-61(57)73(66)69)49-29-35-53(36-30-49)76(3)46-47-13-7-18-56(45-47)77(54-16-5-4-6-17-54)55-37-31-50(32-38-55)59-39-42-68-64-20-9-15-51-14-8-19-63(71(51)64)65-24-10-21-60(59)72(65)68/h4-45H,46H2,1-3H3. The zero-order valence-electron chi connectivity index (χ0n) is 43.3. The molecule has 15 aromatic rings. The average Bonchev–Trinajstić information content (AvgIpc) is 3.50. The Hall–Kier alpha value is -9.70. The van der Waals surface area contributed by atoms with Crippen molar-refractivity contribution in [1.82, 2.24) is 0 Å². The molecule has 15 aromatic carbocycles. The molecular formula is C74H53N3. The third kappa shape index (κ3) is 7.19. The van der Waals surface area contributed by atoms with Gasteiger partial charge < -0.3 is 14.7 Å². The smallest absolute Gasteiger partial charge is 0.0465 e. The first-order valence-corrected chi connectivity index (χ1v) is 26.8. The lowest BCUT2D eigenvalue weighted by atomic mass is 9.85. The Morgan fingerprint density at radius 3 is 1.09 bits per heavy atom. The van der Waals surface area contributed by atoms with Crippen LogP contribution in [-0.4, -0.2) is 21.1 Å². The minimum absolute atomic E-state index is 0.758. The monoisotopic (exact) mass is 983 g/mol. The maximum absolute atomic E-state index is 2.37. The van der Waals surface area contributed by atoms with Crippen LogP contribution in [-0.2, 0) is 6.54 Å². The Labute approximate surface area is 448 Å². The first-order valence-electron chi connectivity index (χ1n) is 26.8. The summed E-state index contributed by atoms with van der Waals surface area (Å²) in [6.07, 6.45) is 0. The fourth-order valence-electron chi connectivity index (χ4n) is 12.9. The summed E-state index contributed by atoms with van der Waals surface area (Å²) in [5.74, 6) is 0. The molecule has 0 spiro atoms. The molecule has 15 rings (SSSR count). The number of fused-ring (bicyclic) bond motifs is 4. The Morgan fingerprint density at radius 2 is 0.623 bits per heavy atom. The highest BCUT2D eigenvalue weighted by Crippen LogP contribution is 2.47. The maximum atomic E-state index is 2.37. The third-order valence-corrected chi connectivity index (χ3v) is 16.5. The van der Waals surface area contributed by atoms with E-state index < -0.39 is 0 Å². The Balaban J connectivity index is 0.723. The molecule has 0 amide bonds. The van der Waals surface area contributed by atoms with Gasteiger partial charge in [-0.05, 0) is 186 Å². The van der Waals surface area contributed by atoms with Crippen LogP contribution in [0.3, 0.4) is 0 Å². The van der Waals surface area contributed by atoms with E-state index >= 15 is 0 Å². The summed E-state index contributed by atoms with van der Waals surface area (Å²) in [6, 6.07) is 94.8. The van der Waals surface area contributed by atoms with Crippen molar-refractivity contribution < 1.29 is 0 Å². The van der Waals surface area contributed by atoms with E-state index in [1.54, 1.807) is 0 Å². The summed E-state index contributed by atoms with van der Waals surface area (Å²) in [5.41, 5.74) is 14.4. The van der Waals surface area contributed by atoms with Crippen molar-refractivity contribution in [1.29, 1.82) is 0 Å². The first kappa shape index (κ1) is 44.8.